The number of rotatable bonds is 2. The van der Waals surface area contributed by atoms with Crippen molar-refractivity contribution in [3.63, 3.8) is 0 Å². The Morgan fingerprint density at radius 3 is 2.50 bits per heavy atom. The van der Waals surface area contributed by atoms with Crippen LogP contribution >= 0.6 is 0 Å². The molecule has 2 heteroatoms. The summed E-state index contributed by atoms with van der Waals surface area (Å²) in [6.45, 7) is 9.97. The van der Waals surface area contributed by atoms with Gasteiger partial charge in [-0.05, 0) is 29.3 Å². The van der Waals surface area contributed by atoms with Gasteiger partial charge in [0.25, 0.3) is 0 Å². The van der Waals surface area contributed by atoms with Crippen LogP contribution in [0.2, 0.25) is 0 Å². The summed E-state index contributed by atoms with van der Waals surface area (Å²) in [6, 6.07) is 5.58. The van der Waals surface area contributed by atoms with Crippen molar-refractivity contribution in [1.29, 1.82) is 0 Å². The summed E-state index contributed by atoms with van der Waals surface area (Å²) >= 11 is 0. The molecule has 0 aliphatic rings. The highest BCUT2D eigenvalue weighted by Crippen LogP contribution is 2.30. The zero-order chi connectivity index (χ0) is 10.8. The molecule has 0 bridgehead atoms. The van der Waals surface area contributed by atoms with Crippen LogP contribution in [0.1, 0.15) is 26.3 Å². The topological polar surface area (TPSA) is 32.3 Å². The number of nitrogens with one attached hydrogen (secondary N) is 1. The summed E-state index contributed by atoms with van der Waals surface area (Å²) in [4.78, 5) is 0. The third kappa shape index (κ3) is 2.28. The lowest BCUT2D eigenvalue weighted by atomic mass is 9.87. The number of aromatic hydroxyl groups is 1. The Bertz CT molecular complexity index is 337. The van der Waals surface area contributed by atoms with Gasteiger partial charge in [0.2, 0.25) is 0 Å². The minimum absolute atomic E-state index is 0.0886. The second-order valence-electron chi connectivity index (χ2n) is 4.33. The lowest BCUT2D eigenvalue weighted by Gasteiger charge is -2.20. The molecule has 0 heterocycles. The molecule has 0 fully saturated rings. The number of hydrogen-bond donors (Lipinski definition) is 2. The molecule has 0 unspecified atom stereocenters. The van der Waals surface area contributed by atoms with Gasteiger partial charge in [-0.2, -0.15) is 0 Å². The Morgan fingerprint density at radius 2 is 2.00 bits per heavy atom. The van der Waals surface area contributed by atoms with E-state index >= 15 is 0 Å². The molecule has 0 radical (unpaired) electrons. The van der Waals surface area contributed by atoms with Gasteiger partial charge in [0.05, 0.1) is 5.69 Å². The van der Waals surface area contributed by atoms with E-state index in [2.05, 4.69) is 32.7 Å². The summed E-state index contributed by atoms with van der Waals surface area (Å²) in [5.74, 6) is 0.248. The van der Waals surface area contributed by atoms with Crippen molar-refractivity contribution in [3.05, 3.63) is 36.5 Å². The highest BCUT2D eigenvalue weighted by Gasteiger charge is 2.14. The molecule has 0 atom stereocenters. The normalized spacial score (nSPS) is 11.1. The maximum Gasteiger partial charge on any atom is 0.139 e. The number of benzene rings is 1. The van der Waals surface area contributed by atoms with Crippen LogP contribution in [0.3, 0.4) is 0 Å². The lowest BCUT2D eigenvalue weighted by Crippen LogP contribution is -2.11. The summed E-state index contributed by atoms with van der Waals surface area (Å²) in [5, 5.41) is 12.4. The van der Waals surface area contributed by atoms with E-state index in [4.69, 9.17) is 0 Å². The van der Waals surface area contributed by atoms with Crippen LogP contribution in [0.15, 0.2) is 31.0 Å². The molecule has 0 saturated carbocycles. The second kappa shape index (κ2) is 3.74. The SMILES string of the molecule is C=CNc1cc(C(C)(C)C)ccc1O. The average Bonchev–Trinajstić information content (AvgIpc) is 2.07. The standard InChI is InChI=1S/C12H17NO/c1-5-13-10-8-9(12(2,3)4)6-7-11(10)14/h5-8,13-14H,1H2,2-4H3. The minimum Gasteiger partial charge on any atom is -0.506 e. The zero-order valence-electron chi connectivity index (χ0n) is 8.96. The molecule has 0 aliphatic heterocycles. The molecular formula is C12H17NO. The first-order valence-electron chi connectivity index (χ1n) is 4.66. The molecule has 0 amide bonds. The Kier molecular flexibility index (Phi) is 2.84. The number of hydrogen-bond acceptors (Lipinski definition) is 2. The first-order chi connectivity index (χ1) is 6.45. The molecule has 2 N–H and O–H groups in total. The largest absolute Gasteiger partial charge is 0.506 e. The van der Waals surface area contributed by atoms with Gasteiger partial charge in [0, 0.05) is 0 Å². The van der Waals surface area contributed by atoms with E-state index in [0.29, 0.717) is 5.69 Å². The van der Waals surface area contributed by atoms with E-state index < -0.39 is 0 Å². The first-order valence-corrected chi connectivity index (χ1v) is 4.66. The van der Waals surface area contributed by atoms with Gasteiger partial charge in [0.1, 0.15) is 5.75 Å². The molecule has 0 aromatic heterocycles. The van der Waals surface area contributed by atoms with Crippen molar-refractivity contribution >= 4 is 5.69 Å². The third-order valence-corrected chi connectivity index (χ3v) is 2.12. The molecular weight excluding hydrogens is 174 g/mol. The van der Waals surface area contributed by atoms with Crippen molar-refractivity contribution in [2.24, 2.45) is 0 Å². The quantitative estimate of drug-likeness (QED) is 0.703. The molecule has 1 aromatic carbocycles. The van der Waals surface area contributed by atoms with E-state index in [1.165, 1.54) is 5.56 Å². The van der Waals surface area contributed by atoms with Crippen LogP contribution < -0.4 is 5.32 Å². The number of phenols is 1. The summed E-state index contributed by atoms with van der Waals surface area (Å²) < 4.78 is 0. The van der Waals surface area contributed by atoms with Gasteiger partial charge in [-0.1, -0.05) is 33.4 Å². The average molecular weight is 191 g/mol. The first kappa shape index (κ1) is 10.6. The van der Waals surface area contributed by atoms with Crippen molar-refractivity contribution in [2.45, 2.75) is 26.2 Å². The minimum atomic E-state index is 0.0886. The Balaban J connectivity index is 3.12. The molecule has 0 aliphatic carbocycles. The lowest BCUT2D eigenvalue weighted by molar-refractivity contribution is 0.476. The van der Waals surface area contributed by atoms with Crippen LogP contribution in [-0.4, -0.2) is 5.11 Å². The fourth-order valence-electron chi connectivity index (χ4n) is 1.23. The van der Waals surface area contributed by atoms with E-state index in [1.54, 1.807) is 12.3 Å². The van der Waals surface area contributed by atoms with Gasteiger partial charge < -0.3 is 10.4 Å². The maximum absolute atomic E-state index is 9.52. The van der Waals surface area contributed by atoms with E-state index in [9.17, 15) is 5.11 Å². The van der Waals surface area contributed by atoms with Gasteiger partial charge in [-0.25, -0.2) is 0 Å². The fourth-order valence-corrected chi connectivity index (χ4v) is 1.23. The van der Waals surface area contributed by atoms with Gasteiger partial charge in [-0.15, -0.1) is 0 Å². The highest BCUT2D eigenvalue weighted by atomic mass is 16.3. The fraction of sp³-hybridized carbons (Fsp3) is 0.333. The second-order valence-corrected chi connectivity index (χ2v) is 4.33. The summed E-state index contributed by atoms with van der Waals surface area (Å²) in [5.41, 5.74) is 1.97. The molecule has 1 rings (SSSR count). The van der Waals surface area contributed by atoms with Crippen LogP contribution in [0.4, 0.5) is 5.69 Å². The van der Waals surface area contributed by atoms with E-state index in [1.807, 2.05) is 12.1 Å². The van der Waals surface area contributed by atoms with Gasteiger partial charge in [-0.3, -0.25) is 0 Å². The zero-order valence-corrected chi connectivity index (χ0v) is 8.96. The summed E-state index contributed by atoms with van der Waals surface area (Å²) in [6.07, 6.45) is 1.56. The third-order valence-electron chi connectivity index (χ3n) is 2.12. The van der Waals surface area contributed by atoms with Crippen molar-refractivity contribution < 1.29 is 5.11 Å². The van der Waals surface area contributed by atoms with Crippen molar-refractivity contribution in [2.75, 3.05) is 5.32 Å². The Hall–Kier alpha value is -1.44. The molecule has 76 valence electrons. The molecule has 0 spiro atoms. The molecule has 0 saturated heterocycles. The van der Waals surface area contributed by atoms with Crippen molar-refractivity contribution in [1.82, 2.24) is 0 Å². The van der Waals surface area contributed by atoms with Gasteiger partial charge >= 0.3 is 0 Å². The summed E-state index contributed by atoms with van der Waals surface area (Å²) in [7, 11) is 0. The smallest absolute Gasteiger partial charge is 0.139 e. The van der Waals surface area contributed by atoms with Gasteiger partial charge in [0.15, 0.2) is 0 Å². The maximum atomic E-state index is 9.52. The number of phenolic OH excluding ortho intramolecular Hbond substituents is 1. The monoisotopic (exact) mass is 191 g/mol. The van der Waals surface area contributed by atoms with Crippen LogP contribution in [0.5, 0.6) is 5.75 Å². The molecule has 2 nitrogen and oxygen atoms in total. The van der Waals surface area contributed by atoms with Crippen LogP contribution in [0.25, 0.3) is 0 Å². The van der Waals surface area contributed by atoms with Crippen LogP contribution in [-0.2, 0) is 5.41 Å². The highest BCUT2D eigenvalue weighted by molar-refractivity contribution is 5.59. The Labute approximate surface area is 85.3 Å². The molecule has 14 heavy (non-hydrogen) atoms. The van der Waals surface area contributed by atoms with Crippen molar-refractivity contribution in [3.8, 4) is 5.75 Å². The molecule has 1 aromatic rings. The van der Waals surface area contributed by atoms with E-state index in [-0.39, 0.29) is 11.2 Å². The predicted molar refractivity (Wildman–Crippen MR) is 60.6 cm³/mol. The van der Waals surface area contributed by atoms with E-state index in [0.717, 1.165) is 0 Å². The number of anilines is 1. The predicted octanol–water partition coefficient (Wildman–Crippen LogP) is 3.25. The Morgan fingerprint density at radius 1 is 1.36 bits per heavy atom. The van der Waals surface area contributed by atoms with Crippen LogP contribution in [0, 0.1) is 0 Å².